The van der Waals surface area contributed by atoms with Crippen LogP contribution in [0.4, 0.5) is 4.79 Å². The first-order valence-corrected chi connectivity index (χ1v) is 7.29. The van der Waals surface area contributed by atoms with Crippen molar-refractivity contribution < 1.29 is 28.5 Å². The molecule has 1 atom stereocenters. The molecule has 1 N–H and O–H groups in total. The number of hydrogen-bond acceptors (Lipinski definition) is 5. The zero-order valence-corrected chi connectivity index (χ0v) is 11.1. The molecule has 0 heterocycles. The van der Waals surface area contributed by atoms with E-state index in [1.165, 1.54) is 0 Å². The number of nitrogens with zero attached hydrogens (tertiary/aromatic N) is 1. The molecular weight excluding hydrogens is 249 g/mol. The lowest BCUT2D eigenvalue weighted by Gasteiger charge is -2.23. The Morgan fingerprint density at radius 2 is 1.76 bits per heavy atom. The first-order chi connectivity index (χ1) is 7.82. The van der Waals surface area contributed by atoms with Crippen molar-refractivity contribution in [3.63, 3.8) is 0 Å². The van der Waals surface area contributed by atoms with Crippen molar-refractivity contribution in [2.75, 3.05) is 26.4 Å². The molecule has 17 heavy (non-hydrogen) atoms. The molecule has 0 aliphatic carbocycles. The minimum absolute atomic E-state index is 0.0920. The molecule has 0 aromatic carbocycles. The average Bonchev–Trinajstić information content (AvgIpc) is 2.16. The summed E-state index contributed by atoms with van der Waals surface area (Å²) in [5, 5.41) is 0. The van der Waals surface area contributed by atoms with E-state index in [1.54, 1.807) is 13.8 Å². The van der Waals surface area contributed by atoms with Crippen LogP contribution in [0, 0.1) is 0 Å². The molecule has 0 aliphatic heterocycles. The third-order valence-corrected chi connectivity index (χ3v) is 3.02. The summed E-state index contributed by atoms with van der Waals surface area (Å²) in [6, 6.07) is 0. The van der Waals surface area contributed by atoms with Crippen LogP contribution in [0.15, 0.2) is 0 Å². The summed E-state index contributed by atoms with van der Waals surface area (Å²) in [4.78, 5) is 31.8. The molecule has 0 fully saturated rings. The van der Waals surface area contributed by atoms with Crippen molar-refractivity contribution in [3.8, 4) is 0 Å². The van der Waals surface area contributed by atoms with Gasteiger partial charge in [0.05, 0.1) is 19.6 Å². The highest BCUT2D eigenvalue weighted by atomic mass is 31.2. The van der Waals surface area contributed by atoms with Crippen molar-refractivity contribution in [2.45, 2.75) is 20.3 Å². The van der Waals surface area contributed by atoms with Gasteiger partial charge in [-0.25, -0.2) is 9.46 Å². The number of carbonyl (C=O) groups excluding carboxylic acids is 2. The van der Waals surface area contributed by atoms with Gasteiger partial charge in [0.2, 0.25) is 0 Å². The van der Waals surface area contributed by atoms with Crippen LogP contribution in [-0.4, -0.2) is 48.0 Å². The third kappa shape index (κ3) is 6.28. The van der Waals surface area contributed by atoms with Crippen LogP contribution < -0.4 is 0 Å². The summed E-state index contributed by atoms with van der Waals surface area (Å²) in [6.07, 6.45) is -1.06. The molecule has 0 rings (SSSR count). The number of esters is 1. The normalized spacial score (nSPS) is 13.6. The molecule has 7 nitrogen and oxygen atoms in total. The minimum atomic E-state index is -3.79. The lowest BCUT2D eigenvalue weighted by molar-refractivity contribution is -0.143. The fourth-order valence-corrected chi connectivity index (χ4v) is 1.89. The lowest BCUT2D eigenvalue weighted by atomic mass is 10.4. The monoisotopic (exact) mass is 267 g/mol. The van der Waals surface area contributed by atoms with Gasteiger partial charge in [-0.05, 0) is 13.8 Å². The number of ether oxygens (including phenoxy) is 2. The second-order valence-corrected chi connectivity index (χ2v) is 5.37. The summed E-state index contributed by atoms with van der Waals surface area (Å²) in [5.74, 6) is -0.532. The van der Waals surface area contributed by atoms with Crippen LogP contribution in [-0.2, 0) is 18.8 Å². The van der Waals surface area contributed by atoms with Crippen LogP contribution in [0.2, 0.25) is 0 Å². The largest absolute Gasteiger partial charge is 0.466 e. The number of carbonyl (C=O) groups is 2. The Labute approximate surface area is 100 Å². The van der Waals surface area contributed by atoms with Crippen LogP contribution in [0.3, 0.4) is 0 Å². The van der Waals surface area contributed by atoms with E-state index in [9.17, 15) is 19.0 Å². The molecule has 100 valence electrons. The smallest absolute Gasteiger partial charge is 0.416 e. The highest BCUT2D eigenvalue weighted by molar-refractivity contribution is 7.55. The third-order valence-electron chi connectivity index (χ3n) is 1.76. The highest BCUT2D eigenvalue weighted by Gasteiger charge is 2.29. The maximum absolute atomic E-state index is 11.4. The molecule has 0 spiro atoms. The van der Waals surface area contributed by atoms with Crippen molar-refractivity contribution in [2.24, 2.45) is 0 Å². The molecule has 0 bridgehead atoms. The Morgan fingerprint density at radius 1 is 1.24 bits per heavy atom. The predicted octanol–water partition coefficient (Wildman–Crippen LogP) is 1.21. The van der Waals surface area contributed by atoms with Crippen molar-refractivity contribution >= 4 is 19.6 Å². The van der Waals surface area contributed by atoms with E-state index >= 15 is 0 Å². The van der Waals surface area contributed by atoms with Gasteiger partial charge in [0, 0.05) is 13.2 Å². The maximum atomic E-state index is 11.4. The Hall–Kier alpha value is -1.07. The Balaban J connectivity index is 4.47. The number of hydrogen-bond donors (Lipinski definition) is 1. The number of amides is 1. The maximum Gasteiger partial charge on any atom is 0.416 e. The van der Waals surface area contributed by atoms with E-state index in [2.05, 4.69) is 9.47 Å². The second kappa shape index (κ2) is 7.29. The van der Waals surface area contributed by atoms with Crippen LogP contribution in [0.1, 0.15) is 20.3 Å². The van der Waals surface area contributed by atoms with Gasteiger partial charge < -0.3 is 14.4 Å². The Kier molecular flexibility index (Phi) is 6.83. The summed E-state index contributed by atoms with van der Waals surface area (Å²) in [6.45, 7) is 4.35. The number of rotatable bonds is 6. The molecule has 0 saturated heterocycles. The highest BCUT2D eigenvalue weighted by Crippen LogP contribution is 2.41. The predicted molar refractivity (Wildman–Crippen MR) is 60.7 cm³/mol. The standard InChI is InChI=1S/C9H18NO6P/c1-4-15-8(11)6-7-10(17(3,13)14)9(12)16-5-2/h4-7H2,1-3H3,(H,13,14). The van der Waals surface area contributed by atoms with Gasteiger partial charge in [-0.15, -0.1) is 0 Å². The lowest BCUT2D eigenvalue weighted by Crippen LogP contribution is -2.31. The fraction of sp³-hybridized carbons (Fsp3) is 0.778. The first kappa shape index (κ1) is 15.9. The van der Waals surface area contributed by atoms with Crippen LogP contribution >= 0.6 is 7.52 Å². The molecule has 0 aromatic rings. The Bertz CT molecular complexity index is 313. The summed E-state index contributed by atoms with van der Waals surface area (Å²) in [7, 11) is -3.79. The zero-order chi connectivity index (χ0) is 13.5. The SMILES string of the molecule is CCOC(=O)CCN(C(=O)OCC)P(C)(=O)O. The first-order valence-electron chi connectivity index (χ1n) is 5.23. The van der Waals surface area contributed by atoms with Gasteiger partial charge in [-0.1, -0.05) is 0 Å². The Morgan fingerprint density at radius 3 is 2.18 bits per heavy atom. The van der Waals surface area contributed by atoms with Crippen molar-refractivity contribution in [3.05, 3.63) is 0 Å². The zero-order valence-electron chi connectivity index (χ0n) is 10.2. The molecule has 0 aliphatic rings. The van der Waals surface area contributed by atoms with Crippen LogP contribution in [0.25, 0.3) is 0 Å². The molecule has 1 amide bonds. The van der Waals surface area contributed by atoms with Crippen molar-refractivity contribution in [1.82, 2.24) is 4.67 Å². The summed E-state index contributed by atoms with van der Waals surface area (Å²) in [5.41, 5.74) is 0. The topological polar surface area (TPSA) is 93.1 Å². The van der Waals surface area contributed by atoms with E-state index in [0.717, 1.165) is 6.66 Å². The molecule has 0 aromatic heterocycles. The van der Waals surface area contributed by atoms with E-state index in [4.69, 9.17) is 0 Å². The minimum Gasteiger partial charge on any atom is -0.466 e. The molecule has 1 unspecified atom stereocenters. The van der Waals surface area contributed by atoms with E-state index < -0.39 is 19.6 Å². The summed E-state index contributed by atoms with van der Waals surface area (Å²) < 4.78 is 21.4. The summed E-state index contributed by atoms with van der Waals surface area (Å²) >= 11 is 0. The second-order valence-electron chi connectivity index (χ2n) is 3.21. The van der Waals surface area contributed by atoms with Gasteiger partial charge in [0.15, 0.2) is 0 Å². The van der Waals surface area contributed by atoms with E-state index in [-0.39, 0.29) is 26.2 Å². The van der Waals surface area contributed by atoms with Gasteiger partial charge in [0.1, 0.15) is 0 Å². The molecule has 0 saturated carbocycles. The molecular formula is C9H18NO6P. The van der Waals surface area contributed by atoms with Crippen LogP contribution in [0.5, 0.6) is 0 Å². The van der Waals surface area contributed by atoms with Gasteiger partial charge >= 0.3 is 12.1 Å². The van der Waals surface area contributed by atoms with Gasteiger partial charge in [-0.2, -0.15) is 0 Å². The molecule has 8 heteroatoms. The van der Waals surface area contributed by atoms with E-state index in [0.29, 0.717) is 4.67 Å². The van der Waals surface area contributed by atoms with Crippen molar-refractivity contribution in [1.29, 1.82) is 0 Å². The van der Waals surface area contributed by atoms with E-state index in [1.807, 2.05) is 0 Å². The molecule has 0 radical (unpaired) electrons. The quantitative estimate of drug-likeness (QED) is 0.574. The van der Waals surface area contributed by atoms with Gasteiger partial charge in [0.25, 0.3) is 7.52 Å². The average molecular weight is 267 g/mol. The fourth-order valence-electron chi connectivity index (χ4n) is 1.06. The van der Waals surface area contributed by atoms with Gasteiger partial charge in [-0.3, -0.25) is 9.36 Å².